The van der Waals surface area contributed by atoms with Crippen molar-refractivity contribution in [2.75, 3.05) is 6.54 Å². The Kier molecular flexibility index (Phi) is 2.86. The molecule has 3 rings (SSSR count). The molecule has 1 fully saturated rings. The molecule has 0 bridgehead atoms. The first kappa shape index (κ1) is 11.7. The van der Waals surface area contributed by atoms with Gasteiger partial charge in [0.2, 0.25) is 0 Å². The van der Waals surface area contributed by atoms with Gasteiger partial charge in [-0.05, 0) is 49.4 Å². The highest BCUT2D eigenvalue weighted by atomic mass is 15.1. The van der Waals surface area contributed by atoms with Crippen LogP contribution < -0.4 is 5.73 Å². The smallest absolute Gasteiger partial charge is 0.112 e. The molecule has 1 aromatic heterocycles. The van der Waals surface area contributed by atoms with Gasteiger partial charge in [0.1, 0.15) is 5.82 Å². The second-order valence-corrected chi connectivity index (χ2v) is 5.67. The van der Waals surface area contributed by atoms with Crippen LogP contribution >= 0.6 is 0 Å². The van der Waals surface area contributed by atoms with Crippen LogP contribution in [-0.2, 0) is 13.5 Å². The molecule has 2 aromatic rings. The van der Waals surface area contributed by atoms with E-state index in [1.807, 2.05) is 0 Å². The van der Waals surface area contributed by atoms with E-state index in [0.29, 0.717) is 11.8 Å². The molecule has 1 heterocycles. The minimum Gasteiger partial charge on any atom is -0.331 e. The van der Waals surface area contributed by atoms with Crippen LogP contribution in [0, 0.1) is 5.92 Å². The standard InChI is InChI=1S/C15H21N3/c1-10(9-16)7-11-3-6-14-13(8-11)17-15(18(14)2)12-4-5-12/h3,6,8,10,12H,4-5,7,9,16H2,1-2H3. The van der Waals surface area contributed by atoms with Crippen LogP contribution in [0.4, 0.5) is 0 Å². The summed E-state index contributed by atoms with van der Waals surface area (Å²) < 4.78 is 2.25. The van der Waals surface area contributed by atoms with Gasteiger partial charge in [0.25, 0.3) is 0 Å². The van der Waals surface area contributed by atoms with Gasteiger partial charge >= 0.3 is 0 Å². The monoisotopic (exact) mass is 243 g/mol. The highest BCUT2D eigenvalue weighted by molar-refractivity contribution is 5.77. The summed E-state index contributed by atoms with van der Waals surface area (Å²) in [6.07, 6.45) is 3.64. The predicted octanol–water partition coefficient (Wildman–Crippen LogP) is 2.59. The number of fused-ring (bicyclic) bond motifs is 1. The quantitative estimate of drug-likeness (QED) is 0.897. The third-order valence-electron chi connectivity index (χ3n) is 3.91. The lowest BCUT2D eigenvalue weighted by atomic mass is 10.0. The van der Waals surface area contributed by atoms with Gasteiger partial charge in [-0.2, -0.15) is 0 Å². The molecular formula is C15H21N3. The number of imidazole rings is 1. The van der Waals surface area contributed by atoms with E-state index in [-0.39, 0.29) is 0 Å². The summed E-state index contributed by atoms with van der Waals surface area (Å²) in [6, 6.07) is 6.65. The Morgan fingerprint density at radius 3 is 2.89 bits per heavy atom. The highest BCUT2D eigenvalue weighted by Crippen LogP contribution is 2.40. The predicted molar refractivity (Wildman–Crippen MR) is 74.6 cm³/mol. The molecule has 2 N–H and O–H groups in total. The van der Waals surface area contributed by atoms with E-state index >= 15 is 0 Å². The van der Waals surface area contributed by atoms with Gasteiger partial charge in [0.05, 0.1) is 11.0 Å². The average Bonchev–Trinajstić information content (AvgIpc) is 3.15. The zero-order chi connectivity index (χ0) is 12.7. The molecule has 0 saturated heterocycles. The van der Waals surface area contributed by atoms with Crippen LogP contribution in [-0.4, -0.2) is 16.1 Å². The van der Waals surface area contributed by atoms with Crippen LogP contribution in [0.2, 0.25) is 0 Å². The van der Waals surface area contributed by atoms with Crippen molar-refractivity contribution < 1.29 is 0 Å². The Balaban J connectivity index is 1.96. The van der Waals surface area contributed by atoms with Crippen LogP contribution in [0.15, 0.2) is 18.2 Å². The molecule has 0 amide bonds. The summed E-state index contributed by atoms with van der Waals surface area (Å²) in [7, 11) is 2.13. The molecule has 1 aliphatic rings. The molecule has 3 heteroatoms. The number of rotatable bonds is 4. The summed E-state index contributed by atoms with van der Waals surface area (Å²) in [5.41, 5.74) is 9.43. The Bertz CT molecular complexity index is 566. The summed E-state index contributed by atoms with van der Waals surface area (Å²) >= 11 is 0. The molecule has 0 radical (unpaired) electrons. The van der Waals surface area contributed by atoms with Crippen molar-refractivity contribution in [1.82, 2.24) is 9.55 Å². The zero-order valence-corrected chi connectivity index (χ0v) is 11.2. The lowest BCUT2D eigenvalue weighted by Gasteiger charge is -2.08. The lowest BCUT2D eigenvalue weighted by Crippen LogP contribution is -2.12. The first-order chi connectivity index (χ1) is 8.69. The first-order valence-corrected chi connectivity index (χ1v) is 6.84. The van der Waals surface area contributed by atoms with E-state index in [2.05, 4.69) is 36.7 Å². The fourth-order valence-corrected chi connectivity index (χ4v) is 2.58. The summed E-state index contributed by atoms with van der Waals surface area (Å²) in [5.74, 6) is 2.50. The summed E-state index contributed by atoms with van der Waals surface area (Å²) in [4.78, 5) is 4.80. The van der Waals surface area contributed by atoms with Crippen molar-refractivity contribution in [2.24, 2.45) is 18.7 Å². The minimum atomic E-state index is 0.536. The van der Waals surface area contributed by atoms with Gasteiger partial charge in [-0.15, -0.1) is 0 Å². The highest BCUT2D eigenvalue weighted by Gasteiger charge is 2.28. The van der Waals surface area contributed by atoms with E-state index in [9.17, 15) is 0 Å². The number of hydrogen-bond donors (Lipinski definition) is 1. The van der Waals surface area contributed by atoms with Gasteiger partial charge in [0, 0.05) is 13.0 Å². The molecule has 3 nitrogen and oxygen atoms in total. The molecule has 0 aliphatic heterocycles. The lowest BCUT2D eigenvalue weighted by molar-refractivity contribution is 0.593. The number of hydrogen-bond acceptors (Lipinski definition) is 2. The molecule has 18 heavy (non-hydrogen) atoms. The van der Waals surface area contributed by atoms with Crippen LogP contribution in [0.5, 0.6) is 0 Å². The van der Waals surface area contributed by atoms with E-state index in [0.717, 1.165) is 18.5 Å². The maximum atomic E-state index is 5.69. The van der Waals surface area contributed by atoms with Crippen molar-refractivity contribution in [3.05, 3.63) is 29.6 Å². The van der Waals surface area contributed by atoms with Gasteiger partial charge in [0.15, 0.2) is 0 Å². The van der Waals surface area contributed by atoms with Crippen LogP contribution in [0.1, 0.15) is 37.1 Å². The Morgan fingerprint density at radius 1 is 1.44 bits per heavy atom. The van der Waals surface area contributed by atoms with Crippen LogP contribution in [0.25, 0.3) is 11.0 Å². The topological polar surface area (TPSA) is 43.8 Å². The van der Waals surface area contributed by atoms with Crippen LogP contribution in [0.3, 0.4) is 0 Å². The van der Waals surface area contributed by atoms with Crippen molar-refractivity contribution in [2.45, 2.75) is 32.1 Å². The molecule has 0 spiro atoms. The molecule has 96 valence electrons. The van der Waals surface area contributed by atoms with Gasteiger partial charge < -0.3 is 10.3 Å². The second-order valence-electron chi connectivity index (χ2n) is 5.67. The van der Waals surface area contributed by atoms with Crippen molar-refractivity contribution >= 4 is 11.0 Å². The third-order valence-corrected chi connectivity index (χ3v) is 3.91. The van der Waals surface area contributed by atoms with Gasteiger partial charge in [-0.3, -0.25) is 0 Å². The second kappa shape index (κ2) is 4.39. The Labute approximate surface area is 108 Å². The largest absolute Gasteiger partial charge is 0.331 e. The van der Waals surface area contributed by atoms with Gasteiger partial charge in [-0.25, -0.2) is 4.98 Å². The fraction of sp³-hybridized carbons (Fsp3) is 0.533. The number of nitrogens with two attached hydrogens (primary N) is 1. The SMILES string of the molecule is CC(CN)Cc1ccc2c(c1)nc(C1CC1)n2C. The van der Waals surface area contributed by atoms with Crippen molar-refractivity contribution in [3.63, 3.8) is 0 Å². The molecular weight excluding hydrogens is 222 g/mol. The van der Waals surface area contributed by atoms with E-state index in [1.165, 1.54) is 29.7 Å². The number of aryl methyl sites for hydroxylation is 1. The number of nitrogens with zero attached hydrogens (tertiary/aromatic N) is 2. The third kappa shape index (κ3) is 2.03. The van der Waals surface area contributed by atoms with E-state index in [4.69, 9.17) is 10.7 Å². The molecule has 1 aromatic carbocycles. The average molecular weight is 243 g/mol. The van der Waals surface area contributed by atoms with Crippen molar-refractivity contribution in [3.8, 4) is 0 Å². The summed E-state index contributed by atoms with van der Waals surface area (Å²) in [5, 5.41) is 0. The van der Waals surface area contributed by atoms with Crippen molar-refractivity contribution in [1.29, 1.82) is 0 Å². The normalized spacial score (nSPS) is 17.3. The van der Waals surface area contributed by atoms with E-state index in [1.54, 1.807) is 0 Å². The minimum absolute atomic E-state index is 0.536. The summed E-state index contributed by atoms with van der Waals surface area (Å²) in [6.45, 7) is 2.94. The zero-order valence-electron chi connectivity index (χ0n) is 11.2. The molecule has 1 saturated carbocycles. The fourth-order valence-electron chi connectivity index (χ4n) is 2.58. The molecule has 1 aliphatic carbocycles. The van der Waals surface area contributed by atoms with E-state index < -0.39 is 0 Å². The first-order valence-electron chi connectivity index (χ1n) is 6.84. The number of aromatic nitrogens is 2. The maximum Gasteiger partial charge on any atom is 0.112 e. The maximum absolute atomic E-state index is 5.69. The Morgan fingerprint density at radius 2 is 2.22 bits per heavy atom. The number of benzene rings is 1. The Hall–Kier alpha value is -1.35. The molecule has 1 atom stereocenters. The molecule has 1 unspecified atom stereocenters. The van der Waals surface area contributed by atoms with Gasteiger partial charge in [-0.1, -0.05) is 13.0 Å².